The molecule has 8 nitrogen and oxygen atoms in total. The summed E-state index contributed by atoms with van der Waals surface area (Å²) in [6, 6.07) is 9.79. The Morgan fingerprint density at radius 3 is 2.69 bits per heavy atom. The minimum absolute atomic E-state index is 0.190. The Morgan fingerprint density at radius 1 is 1.14 bits per heavy atom. The molecule has 0 bridgehead atoms. The Kier molecular flexibility index (Phi) is 5.08. The van der Waals surface area contributed by atoms with Gasteiger partial charge in [0.25, 0.3) is 5.56 Å². The smallest absolute Gasteiger partial charge is 0.290 e. The van der Waals surface area contributed by atoms with Crippen LogP contribution in [0.2, 0.25) is 0 Å². The summed E-state index contributed by atoms with van der Waals surface area (Å²) in [5, 5.41) is 11.7. The maximum atomic E-state index is 12.4. The normalized spacial score (nSPS) is 17.9. The topological polar surface area (TPSA) is 86.9 Å². The van der Waals surface area contributed by atoms with E-state index >= 15 is 0 Å². The van der Waals surface area contributed by atoms with Gasteiger partial charge in [-0.15, -0.1) is 5.10 Å². The van der Waals surface area contributed by atoms with Gasteiger partial charge < -0.3 is 10.1 Å². The zero-order chi connectivity index (χ0) is 20.5. The zero-order valence-electron chi connectivity index (χ0n) is 17.2. The highest BCUT2D eigenvalue weighted by Crippen LogP contribution is 2.46. The number of nitrogens with zero attached hydrogens (tertiary/aromatic N) is 5. The van der Waals surface area contributed by atoms with Crippen molar-refractivity contribution in [1.29, 1.82) is 0 Å². The Morgan fingerprint density at radius 2 is 1.97 bits per heavy atom. The Hall–Kier alpha value is -3.16. The van der Waals surface area contributed by atoms with E-state index in [4.69, 9.17) is 4.74 Å². The average Bonchev–Trinajstić information content (AvgIpc) is 3.39. The number of hydrogen-bond donors (Lipinski definition) is 1. The molecule has 1 N–H and O–H groups in total. The number of rotatable bonds is 7. The fourth-order valence-corrected chi connectivity index (χ4v) is 3.55. The minimum atomic E-state index is -0.190. The first-order valence-corrected chi connectivity index (χ1v) is 9.79. The number of anilines is 1. The molecule has 0 radical (unpaired) electrons. The molecule has 3 heterocycles. The highest BCUT2D eigenvalue weighted by molar-refractivity contribution is 5.43. The van der Waals surface area contributed by atoms with Crippen LogP contribution in [0.1, 0.15) is 35.1 Å². The van der Waals surface area contributed by atoms with Crippen LogP contribution in [0.4, 0.5) is 5.69 Å². The van der Waals surface area contributed by atoms with E-state index in [1.54, 1.807) is 17.8 Å². The lowest BCUT2D eigenvalue weighted by Gasteiger charge is -2.11. The summed E-state index contributed by atoms with van der Waals surface area (Å²) < 4.78 is 9.02. The van der Waals surface area contributed by atoms with E-state index in [-0.39, 0.29) is 5.56 Å². The lowest BCUT2D eigenvalue weighted by atomic mass is 10.2. The van der Waals surface area contributed by atoms with Gasteiger partial charge in [0.2, 0.25) is 5.88 Å². The second kappa shape index (κ2) is 7.69. The molecule has 8 heteroatoms. The molecular weight excluding hydrogens is 368 g/mol. The second-order valence-corrected chi connectivity index (χ2v) is 7.70. The second-order valence-electron chi connectivity index (χ2n) is 7.70. The predicted molar refractivity (Wildman–Crippen MR) is 110 cm³/mol. The molecule has 29 heavy (non-hydrogen) atoms. The van der Waals surface area contributed by atoms with E-state index in [0.29, 0.717) is 36.6 Å². The average molecular weight is 394 g/mol. The van der Waals surface area contributed by atoms with Crippen LogP contribution in [0.3, 0.4) is 0 Å². The van der Waals surface area contributed by atoms with Crippen molar-refractivity contribution < 1.29 is 4.74 Å². The van der Waals surface area contributed by atoms with Crippen LogP contribution in [0.5, 0.6) is 5.88 Å². The Bertz CT molecular complexity index is 1090. The first-order chi connectivity index (χ1) is 13.9. The number of aromatic nitrogens is 5. The van der Waals surface area contributed by atoms with Crippen molar-refractivity contribution in [3.05, 3.63) is 63.5 Å². The molecule has 0 spiro atoms. The zero-order valence-corrected chi connectivity index (χ0v) is 17.2. The molecule has 0 aliphatic heterocycles. The van der Waals surface area contributed by atoms with Gasteiger partial charge in [-0.05, 0) is 38.5 Å². The molecule has 0 aromatic carbocycles. The molecule has 0 amide bonds. The molecular formula is C21H26N6O2. The number of aryl methyl sites for hydroxylation is 4. The molecule has 152 valence electrons. The van der Waals surface area contributed by atoms with Gasteiger partial charge in [-0.3, -0.25) is 14.5 Å². The van der Waals surface area contributed by atoms with Crippen molar-refractivity contribution in [3.63, 3.8) is 0 Å². The summed E-state index contributed by atoms with van der Waals surface area (Å²) in [7, 11) is 3.52. The summed E-state index contributed by atoms with van der Waals surface area (Å²) in [4.78, 5) is 17.0. The van der Waals surface area contributed by atoms with Gasteiger partial charge in [-0.2, -0.15) is 5.10 Å². The third kappa shape index (κ3) is 4.31. The molecule has 1 saturated carbocycles. The summed E-state index contributed by atoms with van der Waals surface area (Å²) in [6.07, 6.45) is 1.06. The summed E-state index contributed by atoms with van der Waals surface area (Å²) in [6.45, 7) is 5.01. The van der Waals surface area contributed by atoms with Crippen molar-refractivity contribution in [2.24, 2.45) is 20.0 Å². The number of hydrogen-bond acceptors (Lipinski definition) is 6. The number of pyridine rings is 1. The fraction of sp³-hybridized carbons (Fsp3) is 0.429. The molecule has 1 fully saturated rings. The summed E-state index contributed by atoms with van der Waals surface area (Å²) >= 11 is 0. The lowest BCUT2D eigenvalue weighted by Crippen LogP contribution is -2.24. The van der Waals surface area contributed by atoms with Gasteiger partial charge in [-0.1, -0.05) is 6.07 Å². The molecule has 2 unspecified atom stereocenters. The van der Waals surface area contributed by atoms with Gasteiger partial charge in [0.1, 0.15) is 5.69 Å². The SMILES string of the molecule is Cc1cccc(C2CC2COc2cc(NCc3cc(C)nn3C)c(=O)n(C)n2)n1. The van der Waals surface area contributed by atoms with Gasteiger partial charge in [-0.25, -0.2) is 4.68 Å². The largest absolute Gasteiger partial charge is 0.476 e. The first kappa shape index (κ1) is 19.2. The monoisotopic (exact) mass is 394 g/mol. The molecule has 3 aromatic rings. The quantitative estimate of drug-likeness (QED) is 0.662. The molecule has 2 atom stereocenters. The van der Waals surface area contributed by atoms with Crippen LogP contribution < -0.4 is 15.6 Å². The van der Waals surface area contributed by atoms with E-state index in [0.717, 1.165) is 29.2 Å². The van der Waals surface area contributed by atoms with E-state index < -0.39 is 0 Å². The van der Waals surface area contributed by atoms with Gasteiger partial charge in [0.05, 0.1) is 24.5 Å². The number of ether oxygens (including phenoxy) is 1. The standard InChI is InChI=1S/C21H26N6O2/c1-13-6-5-7-18(23-13)17-9-15(17)12-29-20-10-19(21(28)27(4)25-20)22-11-16-8-14(2)24-26(16)3/h5-8,10,15,17,22H,9,11-12H2,1-4H3. The van der Waals surface area contributed by atoms with Crippen LogP contribution in [-0.4, -0.2) is 31.2 Å². The predicted octanol–water partition coefficient (Wildman–Crippen LogP) is 2.32. The Labute approximate surface area is 169 Å². The summed E-state index contributed by atoms with van der Waals surface area (Å²) in [5.41, 5.74) is 4.37. The van der Waals surface area contributed by atoms with Crippen molar-refractivity contribution >= 4 is 5.69 Å². The third-order valence-electron chi connectivity index (χ3n) is 5.26. The van der Waals surface area contributed by atoms with Crippen LogP contribution in [0.15, 0.2) is 35.1 Å². The van der Waals surface area contributed by atoms with Gasteiger partial charge in [0.15, 0.2) is 0 Å². The van der Waals surface area contributed by atoms with E-state index in [1.807, 2.05) is 39.1 Å². The van der Waals surface area contributed by atoms with Crippen molar-refractivity contribution in [1.82, 2.24) is 24.5 Å². The molecule has 1 aliphatic carbocycles. The van der Waals surface area contributed by atoms with E-state index in [2.05, 4.69) is 26.6 Å². The highest BCUT2D eigenvalue weighted by Gasteiger charge is 2.40. The minimum Gasteiger partial charge on any atom is -0.476 e. The summed E-state index contributed by atoms with van der Waals surface area (Å²) in [5.74, 6) is 1.31. The first-order valence-electron chi connectivity index (χ1n) is 9.79. The lowest BCUT2D eigenvalue weighted by molar-refractivity contribution is 0.278. The highest BCUT2D eigenvalue weighted by atomic mass is 16.5. The molecule has 1 aliphatic rings. The molecule has 4 rings (SSSR count). The maximum absolute atomic E-state index is 12.4. The number of nitrogens with one attached hydrogen (secondary N) is 1. The van der Waals surface area contributed by atoms with E-state index in [9.17, 15) is 4.79 Å². The van der Waals surface area contributed by atoms with E-state index in [1.165, 1.54) is 4.68 Å². The fourth-order valence-electron chi connectivity index (χ4n) is 3.55. The molecule has 3 aromatic heterocycles. The van der Waals surface area contributed by atoms with Crippen molar-refractivity contribution in [3.8, 4) is 5.88 Å². The Balaban J connectivity index is 1.40. The van der Waals surface area contributed by atoms with Crippen molar-refractivity contribution in [2.75, 3.05) is 11.9 Å². The van der Waals surface area contributed by atoms with Crippen molar-refractivity contribution in [2.45, 2.75) is 32.7 Å². The third-order valence-corrected chi connectivity index (χ3v) is 5.26. The van der Waals surface area contributed by atoms with Crippen LogP contribution >= 0.6 is 0 Å². The molecule has 0 saturated heterocycles. The van der Waals surface area contributed by atoms with Gasteiger partial charge >= 0.3 is 0 Å². The van der Waals surface area contributed by atoms with Gasteiger partial charge in [0, 0.05) is 43.4 Å². The van der Waals surface area contributed by atoms with Crippen LogP contribution in [0, 0.1) is 19.8 Å². The van der Waals surface area contributed by atoms with Crippen LogP contribution in [-0.2, 0) is 20.6 Å². The maximum Gasteiger partial charge on any atom is 0.290 e. The van der Waals surface area contributed by atoms with Crippen LogP contribution in [0.25, 0.3) is 0 Å².